The van der Waals surface area contributed by atoms with Crippen LogP contribution in [0.4, 0.5) is 4.39 Å². The van der Waals surface area contributed by atoms with Gasteiger partial charge in [0.05, 0.1) is 5.69 Å². The number of nitrogens with one attached hydrogen (secondary N) is 2. The third-order valence-electron chi connectivity index (χ3n) is 2.84. The topological polar surface area (TPSA) is 40.7 Å². The maximum absolute atomic E-state index is 13.1. The van der Waals surface area contributed by atoms with Gasteiger partial charge in [-0.1, -0.05) is 12.1 Å². The highest BCUT2D eigenvalue weighted by molar-refractivity contribution is 5.20. The summed E-state index contributed by atoms with van der Waals surface area (Å²) in [7, 11) is 0. The first-order chi connectivity index (χ1) is 8.16. The van der Waals surface area contributed by atoms with Crippen molar-refractivity contribution < 1.29 is 4.39 Å². The number of rotatable bonds is 4. The second-order valence-electron chi connectivity index (χ2n) is 4.18. The van der Waals surface area contributed by atoms with Gasteiger partial charge in [0, 0.05) is 18.3 Å². The summed E-state index contributed by atoms with van der Waals surface area (Å²) in [4.78, 5) is 0. The van der Waals surface area contributed by atoms with Gasteiger partial charge in [0.25, 0.3) is 0 Å². The summed E-state index contributed by atoms with van der Waals surface area (Å²) in [6.07, 6.45) is 1.72. The molecule has 0 saturated heterocycles. The van der Waals surface area contributed by atoms with E-state index in [4.69, 9.17) is 0 Å². The van der Waals surface area contributed by atoms with Crippen molar-refractivity contribution in [3.8, 4) is 0 Å². The molecule has 0 amide bonds. The van der Waals surface area contributed by atoms with Crippen molar-refractivity contribution in [2.45, 2.75) is 25.9 Å². The number of aromatic amines is 1. The smallest absolute Gasteiger partial charge is 0.123 e. The molecule has 1 aromatic heterocycles. The van der Waals surface area contributed by atoms with E-state index in [2.05, 4.69) is 15.5 Å². The molecule has 0 bridgehead atoms. The molecule has 2 N–H and O–H groups in total. The number of aromatic nitrogens is 2. The maximum atomic E-state index is 13.1. The van der Waals surface area contributed by atoms with Crippen LogP contribution in [0, 0.1) is 5.82 Å². The molecule has 0 fully saturated rings. The van der Waals surface area contributed by atoms with Crippen molar-refractivity contribution >= 4 is 0 Å². The second kappa shape index (κ2) is 5.10. The monoisotopic (exact) mass is 233 g/mol. The molecular formula is C13H16FN3. The van der Waals surface area contributed by atoms with Gasteiger partial charge in [0.2, 0.25) is 0 Å². The van der Waals surface area contributed by atoms with Gasteiger partial charge in [-0.05, 0) is 37.6 Å². The molecule has 0 aliphatic rings. The highest BCUT2D eigenvalue weighted by atomic mass is 19.1. The van der Waals surface area contributed by atoms with Crippen LogP contribution in [0.3, 0.4) is 0 Å². The van der Waals surface area contributed by atoms with Gasteiger partial charge in [-0.2, -0.15) is 5.10 Å². The number of H-pyrrole nitrogens is 1. The highest BCUT2D eigenvalue weighted by Crippen LogP contribution is 2.18. The molecule has 2 rings (SSSR count). The van der Waals surface area contributed by atoms with Crippen molar-refractivity contribution in [2.75, 3.05) is 0 Å². The summed E-state index contributed by atoms with van der Waals surface area (Å²) in [5.74, 6) is -0.203. The molecule has 1 aromatic carbocycles. The van der Waals surface area contributed by atoms with Gasteiger partial charge in [0.15, 0.2) is 0 Å². The molecular weight excluding hydrogens is 217 g/mol. The second-order valence-corrected chi connectivity index (χ2v) is 4.18. The molecule has 2 atom stereocenters. The Kier molecular flexibility index (Phi) is 3.54. The van der Waals surface area contributed by atoms with Gasteiger partial charge >= 0.3 is 0 Å². The van der Waals surface area contributed by atoms with E-state index in [9.17, 15) is 4.39 Å². The summed E-state index contributed by atoms with van der Waals surface area (Å²) in [6.45, 7) is 4.06. The Bertz CT molecular complexity index is 467. The molecule has 90 valence electrons. The predicted molar refractivity (Wildman–Crippen MR) is 65.0 cm³/mol. The minimum Gasteiger partial charge on any atom is -0.302 e. The average Bonchev–Trinajstić information content (AvgIpc) is 2.82. The van der Waals surface area contributed by atoms with Crippen molar-refractivity contribution in [2.24, 2.45) is 0 Å². The fourth-order valence-electron chi connectivity index (χ4n) is 1.84. The first kappa shape index (κ1) is 11.8. The van der Waals surface area contributed by atoms with Gasteiger partial charge in [-0.25, -0.2) is 4.39 Å². The van der Waals surface area contributed by atoms with E-state index in [1.807, 2.05) is 26.0 Å². The van der Waals surface area contributed by atoms with Crippen molar-refractivity contribution in [3.05, 3.63) is 53.6 Å². The number of halogens is 1. The average molecular weight is 233 g/mol. The Hall–Kier alpha value is -1.68. The van der Waals surface area contributed by atoms with Gasteiger partial charge in [-0.3, -0.25) is 5.10 Å². The lowest BCUT2D eigenvalue weighted by Crippen LogP contribution is -2.22. The molecule has 17 heavy (non-hydrogen) atoms. The predicted octanol–water partition coefficient (Wildman–Crippen LogP) is 2.96. The molecule has 0 aliphatic heterocycles. The Labute approximate surface area is 100 Å². The Morgan fingerprint density at radius 3 is 2.71 bits per heavy atom. The fraction of sp³-hybridized carbons (Fsp3) is 0.308. The van der Waals surface area contributed by atoms with Crippen LogP contribution in [-0.2, 0) is 0 Å². The van der Waals surface area contributed by atoms with Crippen molar-refractivity contribution in [1.82, 2.24) is 15.5 Å². The van der Waals surface area contributed by atoms with Gasteiger partial charge in [-0.15, -0.1) is 0 Å². The molecule has 0 spiro atoms. The van der Waals surface area contributed by atoms with Crippen LogP contribution in [0.25, 0.3) is 0 Å². The van der Waals surface area contributed by atoms with E-state index in [0.29, 0.717) is 0 Å². The van der Waals surface area contributed by atoms with Crippen molar-refractivity contribution in [3.63, 3.8) is 0 Å². The molecule has 3 nitrogen and oxygen atoms in total. The Morgan fingerprint density at radius 2 is 2.06 bits per heavy atom. The van der Waals surface area contributed by atoms with E-state index in [1.165, 1.54) is 6.07 Å². The maximum Gasteiger partial charge on any atom is 0.123 e. The normalized spacial score (nSPS) is 14.5. The van der Waals surface area contributed by atoms with E-state index in [-0.39, 0.29) is 17.9 Å². The zero-order chi connectivity index (χ0) is 12.3. The summed E-state index contributed by atoms with van der Waals surface area (Å²) in [6, 6.07) is 8.81. The zero-order valence-corrected chi connectivity index (χ0v) is 9.94. The summed E-state index contributed by atoms with van der Waals surface area (Å²) >= 11 is 0. The lowest BCUT2D eigenvalue weighted by molar-refractivity contribution is 0.483. The number of benzene rings is 1. The van der Waals surface area contributed by atoms with E-state index >= 15 is 0 Å². The van der Waals surface area contributed by atoms with Crippen LogP contribution in [0.5, 0.6) is 0 Å². The van der Waals surface area contributed by atoms with E-state index in [0.717, 1.165) is 11.3 Å². The molecule has 4 heteroatoms. The van der Waals surface area contributed by atoms with Crippen LogP contribution in [-0.4, -0.2) is 10.2 Å². The number of nitrogens with zero attached hydrogens (tertiary/aromatic N) is 1. The van der Waals surface area contributed by atoms with Crippen LogP contribution < -0.4 is 5.32 Å². The molecule has 0 radical (unpaired) electrons. The number of hydrogen-bond acceptors (Lipinski definition) is 2. The SMILES string of the molecule is CC(N[C@H](C)c1cccc(F)c1)c1ccn[nH]1. The van der Waals surface area contributed by atoms with Crippen molar-refractivity contribution in [1.29, 1.82) is 0 Å². The van der Waals surface area contributed by atoms with Crippen LogP contribution in [0.1, 0.15) is 37.2 Å². The van der Waals surface area contributed by atoms with Gasteiger partial charge in [0.1, 0.15) is 5.82 Å². The van der Waals surface area contributed by atoms with Gasteiger partial charge < -0.3 is 5.32 Å². The third kappa shape index (κ3) is 2.91. The summed E-state index contributed by atoms with van der Waals surface area (Å²) in [5.41, 5.74) is 1.96. The summed E-state index contributed by atoms with van der Waals surface area (Å²) in [5, 5.41) is 10.2. The largest absolute Gasteiger partial charge is 0.302 e. The Morgan fingerprint density at radius 1 is 1.24 bits per heavy atom. The number of hydrogen-bond donors (Lipinski definition) is 2. The zero-order valence-electron chi connectivity index (χ0n) is 9.94. The van der Waals surface area contributed by atoms with E-state index in [1.54, 1.807) is 18.3 Å². The molecule has 1 heterocycles. The van der Waals surface area contributed by atoms with Crippen LogP contribution in [0.2, 0.25) is 0 Å². The van der Waals surface area contributed by atoms with Crippen LogP contribution in [0.15, 0.2) is 36.5 Å². The molecule has 2 aromatic rings. The first-order valence-electron chi connectivity index (χ1n) is 5.67. The van der Waals surface area contributed by atoms with Crippen LogP contribution >= 0.6 is 0 Å². The Balaban J connectivity index is 2.04. The molecule has 0 saturated carbocycles. The standard InChI is InChI=1S/C13H16FN3/c1-9(11-4-3-5-12(14)8-11)16-10(2)13-6-7-15-17-13/h3-10,16H,1-2H3,(H,15,17)/t9-,10?/m1/s1. The minimum absolute atomic E-state index is 0.0870. The lowest BCUT2D eigenvalue weighted by Gasteiger charge is -2.19. The molecule has 1 unspecified atom stereocenters. The lowest BCUT2D eigenvalue weighted by atomic mass is 10.1. The first-order valence-corrected chi connectivity index (χ1v) is 5.67. The summed E-state index contributed by atoms with van der Waals surface area (Å²) < 4.78 is 13.1. The quantitative estimate of drug-likeness (QED) is 0.852. The third-order valence-corrected chi connectivity index (χ3v) is 2.84. The fourth-order valence-corrected chi connectivity index (χ4v) is 1.84. The minimum atomic E-state index is -0.203. The molecule has 0 aliphatic carbocycles. The van der Waals surface area contributed by atoms with E-state index < -0.39 is 0 Å². The highest BCUT2D eigenvalue weighted by Gasteiger charge is 2.12.